The maximum absolute atomic E-state index is 2.48. The molecule has 0 aliphatic heterocycles. The van der Waals surface area contributed by atoms with Gasteiger partial charge in [0, 0.05) is 22.5 Å². The van der Waals surface area contributed by atoms with E-state index < -0.39 is 0 Å². The highest BCUT2D eigenvalue weighted by Gasteiger charge is 2.36. The second-order valence-electron chi connectivity index (χ2n) is 20.0. The summed E-state index contributed by atoms with van der Waals surface area (Å²) in [7, 11) is 0. The Kier molecular flexibility index (Phi) is 9.67. The van der Waals surface area contributed by atoms with E-state index >= 15 is 0 Å². The van der Waals surface area contributed by atoms with E-state index in [1.54, 1.807) is 0 Å². The first-order valence-electron chi connectivity index (χ1n) is 21.0. The minimum atomic E-state index is -0.111. The monoisotopic (exact) mass is 757 g/mol. The van der Waals surface area contributed by atoms with Gasteiger partial charge in [-0.1, -0.05) is 197 Å². The summed E-state index contributed by atoms with van der Waals surface area (Å²) < 4.78 is 0. The van der Waals surface area contributed by atoms with Gasteiger partial charge in [-0.05, 0) is 125 Å². The summed E-state index contributed by atoms with van der Waals surface area (Å²) in [6.45, 7) is 25.6. The fraction of sp³-hybridized carbons (Fsp3) is 0.263. The first-order chi connectivity index (χ1) is 27.4. The first kappa shape index (κ1) is 39.2. The van der Waals surface area contributed by atoms with Crippen molar-refractivity contribution >= 4 is 17.1 Å². The molecule has 0 N–H and O–H groups in total. The van der Waals surface area contributed by atoms with Crippen LogP contribution in [0.15, 0.2) is 158 Å². The Morgan fingerprint density at radius 1 is 0.328 bits per heavy atom. The molecule has 0 amide bonds. The topological polar surface area (TPSA) is 3.24 Å². The summed E-state index contributed by atoms with van der Waals surface area (Å²) in [4.78, 5) is 2.48. The van der Waals surface area contributed by atoms with Crippen LogP contribution in [0.3, 0.4) is 0 Å². The van der Waals surface area contributed by atoms with E-state index in [0.717, 1.165) is 17.1 Å². The molecule has 0 atom stereocenters. The maximum atomic E-state index is 2.48. The molecule has 0 saturated heterocycles. The van der Waals surface area contributed by atoms with E-state index in [2.05, 4.69) is 239 Å². The van der Waals surface area contributed by atoms with Crippen molar-refractivity contribution in [3.63, 3.8) is 0 Å². The molecule has 58 heavy (non-hydrogen) atoms. The molecule has 0 spiro atoms. The van der Waals surface area contributed by atoms with E-state index in [1.807, 2.05) is 0 Å². The molecule has 7 aromatic rings. The molecule has 1 nitrogen and oxygen atoms in total. The van der Waals surface area contributed by atoms with E-state index in [4.69, 9.17) is 0 Å². The number of benzene rings is 7. The van der Waals surface area contributed by atoms with E-state index in [9.17, 15) is 0 Å². The molecule has 1 aliphatic rings. The van der Waals surface area contributed by atoms with Crippen LogP contribution in [0.25, 0.3) is 44.5 Å². The fourth-order valence-corrected chi connectivity index (χ4v) is 8.59. The molecule has 0 bridgehead atoms. The number of fused-ring (bicyclic) bond motifs is 3. The minimum absolute atomic E-state index is 0.0603. The second kappa shape index (κ2) is 14.3. The Morgan fingerprint density at radius 3 is 1.40 bits per heavy atom. The molecule has 0 unspecified atom stereocenters. The van der Waals surface area contributed by atoms with Crippen molar-refractivity contribution in [2.45, 2.75) is 97.8 Å². The lowest BCUT2D eigenvalue weighted by Gasteiger charge is -2.30. The fourth-order valence-electron chi connectivity index (χ4n) is 8.59. The first-order valence-corrected chi connectivity index (χ1v) is 21.0. The molecular formula is C57H59N. The zero-order chi connectivity index (χ0) is 41.2. The number of hydrogen-bond donors (Lipinski definition) is 0. The summed E-state index contributed by atoms with van der Waals surface area (Å²) in [5.41, 5.74) is 20.2. The van der Waals surface area contributed by atoms with Crippen LogP contribution in [-0.4, -0.2) is 0 Å². The van der Waals surface area contributed by atoms with Gasteiger partial charge in [0.1, 0.15) is 0 Å². The number of hydrogen-bond acceptors (Lipinski definition) is 1. The molecule has 7 aromatic carbocycles. The Morgan fingerprint density at radius 2 is 0.793 bits per heavy atom. The quantitative estimate of drug-likeness (QED) is 0.163. The second-order valence-corrected chi connectivity index (χ2v) is 20.0. The molecule has 0 radical (unpaired) electrons. The largest absolute Gasteiger partial charge is 0.310 e. The lowest BCUT2D eigenvalue weighted by Crippen LogP contribution is -2.17. The van der Waals surface area contributed by atoms with Crippen molar-refractivity contribution in [3.05, 3.63) is 186 Å². The van der Waals surface area contributed by atoms with Crippen molar-refractivity contribution in [2.75, 3.05) is 4.90 Å². The van der Waals surface area contributed by atoms with Crippen LogP contribution in [0.2, 0.25) is 0 Å². The van der Waals surface area contributed by atoms with E-state index in [0.29, 0.717) is 0 Å². The van der Waals surface area contributed by atoms with Crippen LogP contribution in [0.4, 0.5) is 17.1 Å². The molecule has 1 aliphatic carbocycles. The average Bonchev–Trinajstić information content (AvgIpc) is 3.42. The van der Waals surface area contributed by atoms with Crippen LogP contribution in [0.1, 0.15) is 104 Å². The van der Waals surface area contributed by atoms with Gasteiger partial charge in [-0.3, -0.25) is 0 Å². The predicted molar refractivity (Wildman–Crippen MR) is 251 cm³/mol. The highest BCUT2D eigenvalue weighted by molar-refractivity contribution is 5.88. The van der Waals surface area contributed by atoms with Gasteiger partial charge in [0.25, 0.3) is 0 Å². The Balaban J connectivity index is 1.29. The van der Waals surface area contributed by atoms with Crippen LogP contribution < -0.4 is 4.90 Å². The van der Waals surface area contributed by atoms with Gasteiger partial charge in [-0.15, -0.1) is 0 Å². The minimum Gasteiger partial charge on any atom is -0.310 e. The molecule has 292 valence electrons. The lowest BCUT2D eigenvalue weighted by atomic mass is 9.79. The SMILES string of the molecule is CC(C)(C)c1cc(-c2ccc(-c3cc(C(C)(C)C)cc(C(C)(C)C)c3)cc2)cc(N(c2cccc(-c3ccccc3)c2)c2ccc3c(c2)C(C)(C)c2ccccc2-3)c1. The number of nitrogens with zero attached hydrogens (tertiary/aromatic N) is 1. The number of rotatable bonds is 6. The third-order valence-corrected chi connectivity index (χ3v) is 12.3. The molecule has 0 aromatic heterocycles. The van der Waals surface area contributed by atoms with Crippen LogP contribution in [0.5, 0.6) is 0 Å². The van der Waals surface area contributed by atoms with Crippen LogP contribution in [-0.2, 0) is 21.7 Å². The summed E-state index contributed by atoms with van der Waals surface area (Å²) >= 11 is 0. The zero-order valence-corrected chi connectivity index (χ0v) is 36.5. The lowest BCUT2D eigenvalue weighted by molar-refractivity contribution is 0.569. The van der Waals surface area contributed by atoms with Crippen LogP contribution >= 0.6 is 0 Å². The van der Waals surface area contributed by atoms with Gasteiger partial charge < -0.3 is 4.90 Å². The van der Waals surface area contributed by atoms with E-state index in [-0.39, 0.29) is 21.7 Å². The van der Waals surface area contributed by atoms with Gasteiger partial charge in [0.15, 0.2) is 0 Å². The maximum Gasteiger partial charge on any atom is 0.0470 e. The van der Waals surface area contributed by atoms with Gasteiger partial charge in [0.2, 0.25) is 0 Å². The summed E-state index contributed by atoms with van der Waals surface area (Å²) in [5.74, 6) is 0. The Bertz CT molecular complexity index is 2590. The van der Waals surface area contributed by atoms with Gasteiger partial charge in [-0.2, -0.15) is 0 Å². The van der Waals surface area contributed by atoms with Gasteiger partial charge in [-0.25, -0.2) is 0 Å². The summed E-state index contributed by atoms with van der Waals surface area (Å²) in [6, 6.07) is 59.4. The summed E-state index contributed by atoms with van der Waals surface area (Å²) in [6.07, 6.45) is 0. The number of anilines is 3. The van der Waals surface area contributed by atoms with Crippen molar-refractivity contribution in [2.24, 2.45) is 0 Å². The third kappa shape index (κ3) is 7.44. The summed E-state index contributed by atoms with van der Waals surface area (Å²) in [5, 5.41) is 0. The molecule has 8 rings (SSSR count). The predicted octanol–water partition coefficient (Wildman–Crippen LogP) is 16.4. The van der Waals surface area contributed by atoms with Crippen molar-refractivity contribution < 1.29 is 0 Å². The standard InChI is InChI=1S/C57H59N/c1-54(2,3)44-30-42(31-45(35-44)55(4,5)6)39-24-26-40(27-25-39)43-32-46(56(7,8)9)36-49(34-43)58(47-21-17-20-41(33-47)38-18-13-12-14-19-38)48-28-29-51-50-22-15-16-23-52(50)57(10,11)53(51)37-48/h12-37H,1-11H3. The third-order valence-electron chi connectivity index (χ3n) is 12.3. The Labute approximate surface area is 348 Å². The van der Waals surface area contributed by atoms with Crippen molar-refractivity contribution in [1.82, 2.24) is 0 Å². The van der Waals surface area contributed by atoms with Gasteiger partial charge >= 0.3 is 0 Å². The van der Waals surface area contributed by atoms with Crippen molar-refractivity contribution in [1.29, 1.82) is 0 Å². The molecule has 0 fully saturated rings. The Hall–Kier alpha value is -5.66. The molecular weight excluding hydrogens is 699 g/mol. The highest BCUT2D eigenvalue weighted by atomic mass is 15.1. The molecule has 0 saturated carbocycles. The normalized spacial score (nSPS) is 13.6. The smallest absolute Gasteiger partial charge is 0.0470 e. The molecule has 0 heterocycles. The highest BCUT2D eigenvalue weighted by Crippen LogP contribution is 2.51. The van der Waals surface area contributed by atoms with Crippen molar-refractivity contribution in [3.8, 4) is 44.5 Å². The van der Waals surface area contributed by atoms with Gasteiger partial charge in [0.05, 0.1) is 0 Å². The average molecular weight is 758 g/mol. The van der Waals surface area contributed by atoms with E-state index in [1.165, 1.54) is 72.3 Å². The van der Waals surface area contributed by atoms with Crippen LogP contribution in [0, 0.1) is 0 Å². The molecule has 1 heteroatoms. The zero-order valence-electron chi connectivity index (χ0n) is 36.5.